The summed E-state index contributed by atoms with van der Waals surface area (Å²) in [5.41, 5.74) is 0.940. The van der Waals surface area contributed by atoms with Crippen LogP contribution in [-0.4, -0.2) is 53.8 Å². The van der Waals surface area contributed by atoms with E-state index in [9.17, 15) is 17.2 Å². The molecule has 184 valence electrons. The van der Waals surface area contributed by atoms with Crippen LogP contribution in [-0.2, 0) is 10.0 Å². The summed E-state index contributed by atoms with van der Waals surface area (Å²) in [7, 11) is -1.87. The van der Waals surface area contributed by atoms with Gasteiger partial charge in [0.15, 0.2) is 0 Å². The third kappa shape index (κ3) is 4.54. The van der Waals surface area contributed by atoms with Crippen LogP contribution in [0.1, 0.15) is 5.82 Å². The van der Waals surface area contributed by atoms with Crippen molar-refractivity contribution in [3.63, 3.8) is 0 Å². The zero-order valence-corrected chi connectivity index (χ0v) is 19.9. The summed E-state index contributed by atoms with van der Waals surface area (Å²) in [6, 6.07) is 4.55. The molecule has 0 aliphatic heterocycles. The molecule has 0 radical (unpaired) electrons. The summed E-state index contributed by atoms with van der Waals surface area (Å²) < 4.78 is 66.6. The molecule has 3 heterocycles. The van der Waals surface area contributed by atoms with Gasteiger partial charge in [-0.05, 0) is 25.1 Å². The Kier molecular flexibility index (Phi) is 6.44. The van der Waals surface area contributed by atoms with Crippen LogP contribution in [0.2, 0.25) is 5.02 Å². The molecule has 3 aromatic heterocycles. The number of halogens is 3. The van der Waals surface area contributed by atoms with Crippen molar-refractivity contribution in [2.24, 2.45) is 5.14 Å². The van der Waals surface area contributed by atoms with Crippen LogP contribution < -0.4 is 19.3 Å². The first-order valence-electron chi connectivity index (χ1n) is 9.66. The van der Waals surface area contributed by atoms with Crippen molar-refractivity contribution < 1.29 is 31.4 Å². The lowest BCUT2D eigenvalue weighted by molar-refractivity contribution is -0.0534. The summed E-state index contributed by atoms with van der Waals surface area (Å²) in [5.74, 6) is -1.07. The normalized spacial score (nSPS) is 11.8. The summed E-state index contributed by atoms with van der Waals surface area (Å²) in [6.45, 7) is -1.53. The van der Waals surface area contributed by atoms with Gasteiger partial charge < -0.3 is 14.2 Å². The van der Waals surface area contributed by atoms with E-state index >= 15 is 0 Å². The van der Waals surface area contributed by atoms with Gasteiger partial charge in [0, 0.05) is 23.3 Å². The molecule has 4 rings (SSSR count). The van der Waals surface area contributed by atoms with Crippen molar-refractivity contribution in [3.05, 3.63) is 41.4 Å². The lowest BCUT2D eigenvalue weighted by Gasteiger charge is -2.15. The number of hydrogen-bond acceptors (Lipinski definition) is 9. The number of nitrogens with zero attached hydrogens (tertiary/aromatic N) is 5. The predicted molar refractivity (Wildman–Crippen MR) is 121 cm³/mol. The molecule has 0 atom stereocenters. The molecule has 4 aromatic rings. The molecular weight excluding hydrogens is 510 g/mol. The fraction of sp³-hybridized carbons (Fsp3) is 0.200. The highest BCUT2D eigenvalue weighted by Gasteiger charge is 2.27. The van der Waals surface area contributed by atoms with Crippen LogP contribution in [0.4, 0.5) is 8.78 Å². The second kappa shape index (κ2) is 9.20. The maximum atomic E-state index is 12.9. The number of hydrogen-bond donors (Lipinski definition) is 1. The van der Waals surface area contributed by atoms with Crippen LogP contribution >= 0.6 is 11.6 Å². The van der Waals surface area contributed by atoms with Gasteiger partial charge in [-0.15, -0.1) is 0 Å². The van der Waals surface area contributed by atoms with Gasteiger partial charge in [0.2, 0.25) is 21.7 Å². The number of sulfonamides is 1. The smallest absolute Gasteiger partial charge is 0.387 e. The standard InChI is InChI=1S/C20H17ClF2N6O5S/c1-9-25-7-6-12(26-9)14-11(21)5-4-10-13(35(24,30)31)8-29(15(10)14)20-27-17(32-2)16(34-19(22)23)18(28-20)33-3/h4-8,19H,1-3H3,(H2,24,30,31). The van der Waals surface area contributed by atoms with Crippen molar-refractivity contribution in [1.29, 1.82) is 0 Å². The number of primary sulfonamides is 1. The summed E-state index contributed by atoms with van der Waals surface area (Å²) in [4.78, 5) is 16.5. The van der Waals surface area contributed by atoms with E-state index in [2.05, 4.69) is 24.7 Å². The zero-order chi connectivity index (χ0) is 25.5. The molecule has 1 aromatic carbocycles. The van der Waals surface area contributed by atoms with Gasteiger partial charge in [-0.1, -0.05) is 11.6 Å². The molecule has 0 aliphatic carbocycles. The Labute approximate surface area is 202 Å². The fourth-order valence-electron chi connectivity index (χ4n) is 3.46. The molecule has 35 heavy (non-hydrogen) atoms. The average molecular weight is 527 g/mol. The molecule has 0 bridgehead atoms. The molecule has 0 fully saturated rings. The number of alkyl halides is 2. The molecule has 0 aliphatic rings. The van der Waals surface area contributed by atoms with E-state index in [4.69, 9.17) is 26.2 Å². The second-order valence-electron chi connectivity index (χ2n) is 6.97. The quantitative estimate of drug-likeness (QED) is 0.384. The minimum atomic E-state index is -4.23. The van der Waals surface area contributed by atoms with Crippen molar-refractivity contribution >= 4 is 32.5 Å². The SMILES string of the molecule is COc1nc(-n2cc(S(N)(=O)=O)c3ccc(Cl)c(-c4ccnc(C)n4)c32)nc(OC)c1OC(F)F. The van der Waals surface area contributed by atoms with Gasteiger partial charge in [0.05, 0.1) is 30.5 Å². The fourth-order valence-corrected chi connectivity index (χ4v) is 4.44. The van der Waals surface area contributed by atoms with E-state index in [-0.39, 0.29) is 38.5 Å². The third-order valence-electron chi connectivity index (χ3n) is 4.82. The lowest BCUT2D eigenvalue weighted by atomic mass is 10.1. The molecule has 0 saturated heterocycles. The Morgan fingerprint density at radius 1 is 1.09 bits per heavy atom. The van der Waals surface area contributed by atoms with Gasteiger partial charge in [0.25, 0.3) is 11.8 Å². The number of rotatable bonds is 7. The molecule has 11 nitrogen and oxygen atoms in total. The van der Waals surface area contributed by atoms with Crippen molar-refractivity contribution in [1.82, 2.24) is 24.5 Å². The number of benzene rings is 1. The maximum Gasteiger partial charge on any atom is 0.387 e. The molecular formula is C20H17ClF2N6O5S. The Balaban J connectivity index is 2.13. The van der Waals surface area contributed by atoms with E-state index in [1.54, 1.807) is 13.0 Å². The molecule has 15 heteroatoms. The van der Waals surface area contributed by atoms with Crippen molar-refractivity contribution in [2.75, 3.05) is 14.2 Å². The van der Waals surface area contributed by atoms with Gasteiger partial charge in [-0.25, -0.2) is 23.5 Å². The summed E-state index contributed by atoms with van der Waals surface area (Å²) >= 11 is 6.52. The summed E-state index contributed by atoms with van der Waals surface area (Å²) in [5, 5.41) is 5.88. The minimum absolute atomic E-state index is 0.192. The van der Waals surface area contributed by atoms with Crippen LogP contribution in [0.15, 0.2) is 35.5 Å². The number of aromatic nitrogens is 5. The number of methoxy groups -OCH3 is 2. The monoisotopic (exact) mass is 526 g/mol. The average Bonchev–Trinajstić information content (AvgIpc) is 3.19. The predicted octanol–water partition coefficient (Wildman–Crippen LogP) is 3.11. The maximum absolute atomic E-state index is 12.9. The van der Waals surface area contributed by atoms with Crippen molar-refractivity contribution in [3.8, 4) is 34.7 Å². The van der Waals surface area contributed by atoms with E-state index < -0.39 is 22.4 Å². The highest BCUT2D eigenvalue weighted by atomic mass is 35.5. The molecule has 0 saturated carbocycles. The van der Waals surface area contributed by atoms with Gasteiger partial charge in [-0.3, -0.25) is 4.57 Å². The molecule has 0 amide bonds. The van der Waals surface area contributed by atoms with Gasteiger partial charge in [0.1, 0.15) is 10.7 Å². The van der Waals surface area contributed by atoms with Gasteiger partial charge in [-0.2, -0.15) is 18.7 Å². The van der Waals surface area contributed by atoms with E-state index in [0.29, 0.717) is 17.1 Å². The molecule has 2 N–H and O–H groups in total. The lowest BCUT2D eigenvalue weighted by Crippen LogP contribution is -2.12. The number of ether oxygens (including phenoxy) is 3. The third-order valence-corrected chi connectivity index (χ3v) is 6.07. The number of aryl methyl sites for hydroxylation is 1. The van der Waals surface area contributed by atoms with Crippen molar-refractivity contribution in [2.45, 2.75) is 18.4 Å². The largest absolute Gasteiger partial charge is 0.478 e. The Hall–Kier alpha value is -3.62. The second-order valence-corrected chi connectivity index (χ2v) is 8.90. The first kappa shape index (κ1) is 24.5. The van der Waals surface area contributed by atoms with E-state index in [1.807, 2.05) is 0 Å². The topological polar surface area (TPSA) is 144 Å². The molecule has 0 spiro atoms. The Bertz CT molecular complexity index is 1520. The van der Waals surface area contributed by atoms with Crippen LogP contribution in [0.5, 0.6) is 17.5 Å². The first-order chi connectivity index (χ1) is 16.5. The first-order valence-corrected chi connectivity index (χ1v) is 11.6. The highest BCUT2D eigenvalue weighted by molar-refractivity contribution is 7.89. The van der Waals surface area contributed by atoms with Crippen LogP contribution in [0.3, 0.4) is 0 Å². The van der Waals surface area contributed by atoms with E-state index in [1.165, 1.54) is 43.3 Å². The minimum Gasteiger partial charge on any atom is -0.478 e. The number of fused-ring (bicyclic) bond motifs is 1. The van der Waals surface area contributed by atoms with Gasteiger partial charge >= 0.3 is 6.61 Å². The number of nitrogens with two attached hydrogens (primary N) is 1. The van der Waals surface area contributed by atoms with Crippen LogP contribution in [0.25, 0.3) is 28.1 Å². The van der Waals surface area contributed by atoms with E-state index in [0.717, 1.165) is 0 Å². The summed E-state index contributed by atoms with van der Waals surface area (Å²) in [6.07, 6.45) is 2.69. The molecule has 0 unspecified atom stereocenters. The Morgan fingerprint density at radius 3 is 2.29 bits per heavy atom. The Morgan fingerprint density at radius 2 is 1.74 bits per heavy atom. The highest BCUT2D eigenvalue weighted by Crippen LogP contribution is 2.41. The van der Waals surface area contributed by atoms with Crippen LogP contribution in [0, 0.1) is 6.92 Å². The zero-order valence-electron chi connectivity index (χ0n) is 18.4.